The van der Waals surface area contributed by atoms with Gasteiger partial charge in [-0.25, -0.2) is 0 Å². The number of aromatic nitrogens is 1. The minimum Gasteiger partial charge on any atom is -0.508 e. The summed E-state index contributed by atoms with van der Waals surface area (Å²) in [5, 5.41) is 19.7. The Morgan fingerprint density at radius 1 is 1.50 bits per heavy atom. The predicted octanol–water partition coefficient (Wildman–Crippen LogP) is 1.31. The van der Waals surface area contributed by atoms with Gasteiger partial charge in [-0.3, -0.25) is 9.69 Å². The molecule has 0 bridgehead atoms. The second kappa shape index (κ2) is 3.74. The predicted molar refractivity (Wildman–Crippen MR) is 66.6 cm³/mol. The van der Waals surface area contributed by atoms with Crippen LogP contribution in [0.15, 0.2) is 18.2 Å². The summed E-state index contributed by atoms with van der Waals surface area (Å²) in [6, 6.07) is 4.63. The molecule has 2 heterocycles. The molecule has 5 nitrogen and oxygen atoms in total. The number of H-pyrrole nitrogens is 1. The van der Waals surface area contributed by atoms with Crippen LogP contribution in [0.2, 0.25) is 0 Å². The number of benzene rings is 1. The number of fused-ring (bicyclic) bond motifs is 3. The standard InChI is InChI=1S/C13H14N2O3/c1-15-6-11-9(5-12(15)13(17)18)8-4-7(16)2-3-10(8)14-11/h2-4,12,14,16H,5-6H2,1H3,(H,17,18)/t12-/m0/s1. The molecule has 3 rings (SSSR count). The summed E-state index contributed by atoms with van der Waals surface area (Å²) in [5.41, 5.74) is 2.99. The van der Waals surface area contributed by atoms with E-state index in [4.69, 9.17) is 0 Å². The fourth-order valence-corrected chi connectivity index (χ4v) is 2.64. The maximum atomic E-state index is 11.2. The number of aliphatic carboxylic acids is 1. The summed E-state index contributed by atoms with van der Waals surface area (Å²) in [4.78, 5) is 16.3. The van der Waals surface area contributed by atoms with Gasteiger partial charge in [0, 0.05) is 29.6 Å². The number of hydrogen-bond donors (Lipinski definition) is 3. The Hall–Kier alpha value is -2.01. The van der Waals surface area contributed by atoms with Crippen LogP contribution >= 0.6 is 0 Å². The minimum absolute atomic E-state index is 0.204. The van der Waals surface area contributed by atoms with Crippen LogP contribution in [-0.4, -0.2) is 39.2 Å². The number of aromatic amines is 1. The summed E-state index contributed by atoms with van der Waals surface area (Å²) in [6.45, 7) is 0.585. The van der Waals surface area contributed by atoms with Gasteiger partial charge in [0.15, 0.2) is 0 Å². The Balaban J connectivity index is 2.15. The Kier molecular flexibility index (Phi) is 2.31. The number of rotatable bonds is 1. The second-order valence-electron chi connectivity index (χ2n) is 4.79. The molecule has 3 N–H and O–H groups in total. The van der Waals surface area contributed by atoms with E-state index < -0.39 is 12.0 Å². The molecule has 94 valence electrons. The highest BCUT2D eigenvalue weighted by atomic mass is 16.4. The van der Waals surface area contributed by atoms with Gasteiger partial charge in [-0.1, -0.05) is 0 Å². The molecular weight excluding hydrogens is 232 g/mol. The molecule has 18 heavy (non-hydrogen) atoms. The van der Waals surface area contributed by atoms with Gasteiger partial charge in [-0.05, 0) is 30.8 Å². The normalized spacial score (nSPS) is 19.9. The number of carbonyl (C=O) groups is 1. The molecule has 0 fully saturated rings. The third-order valence-electron chi connectivity index (χ3n) is 3.60. The van der Waals surface area contributed by atoms with Crippen molar-refractivity contribution in [2.24, 2.45) is 0 Å². The van der Waals surface area contributed by atoms with Crippen LogP contribution in [-0.2, 0) is 17.8 Å². The monoisotopic (exact) mass is 246 g/mol. The SMILES string of the molecule is CN1Cc2[nH]c3ccc(O)cc3c2C[C@H]1C(=O)O. The Bertz CT molecular complexity index is 632. The summed E-state index contributed by atoms with van der Waals surface area (Å²) in [5.74, 6) is -0.604. The zero-order valence-corrected chi connectivity index (χ0v) is 9.97. The Morgan fingerprint density at radius 2 is 2.28 bits per heavy atom. The van der Waals surface area contributed by atoms with Crippen LogP contribution in [0.3, 0.4) is 0 Å². The number of carboxylic acid groups (broad SMARTS) is 1. The maximum Gasteiger partial charge on any atom is 0.321 e. The van der Waals surface area contributed by atoms with Crippen LogP contribution in [0, 0.1) is 0 Å². The zero-order chi connectivity index (χ0) is 12.9. The molecule has 0 radical (unpaired) electrons. The number of aromatic hydroxyl groups is 1. The summed E-state index contributed by atoms with van der Waals surface area (Å²) < 4.78 is 0. The highest BCUT2D eigenvalue weighted by Crippen LogP contribution is 2.31. The first kappa shape index (κ1) is 11.1. The van der Waals surface area contributed by atoms with Crippen molar-refractivity contribution in [2.75, 3.05) is 7.05 Å². The van der Waals surface area contributed by atoms with E-state index in [0.29, 0.717) is 13.0 Å². The molecular formula is C13H14N2O3. The molecule has 1 aromatic heterocycles. The highest BCUT2D eigenvalue weighted by Gasteiger charge is 2.31. The smallest absolute Gasteiger partial charge is 0.321 e. The average Bonchev–Trinajstić information content (AvgIpc) is 2.64. The lowest BCUT2D eigenvalue weighted by molar-refractivity contribution is -0.143. The highest BCUT2D eigenvalue weighted by molar-refractivity contribution is 5.87. The first-order valence-electron chi connectivity index (χ1n) is 5.82. The first-order chi connectivity index (χ1) is 8.56. The largest absolute Gasteiger partial charge is 0.508 e. The number of phenolic OH excluding ortho intramolecular Hbond substituents is 1. The van der Waals surface area contributed by atoms with Crippen molar-refractivity contribution in [1.82, 2.24) is 9.88 Å². The van der Waals surface area contributed by atoms with Crippen LogP contribution in [0.4, 0.5) is 0 Å². The van der Waals surface area contributed by atoms with Gasteiger partial charge in [0.2, 0.25) is 0 Å². The van der Waals surface area contributed by atoms with Crippen LogP contribution < -0.4 is 0 Å². The summed E-state index contributed by atoms with van der Waals surface area (Å²) in [7, 11) is 1.81. The van der Waals surface area contributed by atoms with E-state index in [9.17, 15) is 15.0 Å². The van der Waals surface area contributed by atoms with Gasteiger partial charge < -0.3 is 15.2 Å². The maximum absolute atomic E-state index is 11.2. The van der Waals surface area contributed by atoms with Crippen molar-refractivity contribution in [3.05, 3.63) is 29.5 Å². The lowest BCUT2D eigenvalue weighted by atomic mass is 9.97. The second-order valence-corrected chi connectivity index (χ2v) is 4.79. The molecule has 2 aromatic rings. The number of likely N-dealkylation sites (N-methyl/N-ethyl adjacent to an activating group) is 1. The van der Waals surface area contributed by atoms with Crippen molar-refractivity contribution < 1.29 is 15.0 Å². The molecule has 0 saturated carbocycles. The van der Waals surface area contributed by atoms with E-state index in [0.717, 1.165) is 22.2 Å². The van der Waals surface area contributed by atoms with Crippen LogP contribution in [0.25, 0.3) is 10.9 Å². The number of nitrogens with zero attached hydrogens (tertiary/aromatic N) is 1. The van der Waals surface area contributed by atoms with E-state index in [-0.39, 0.29) is 5.75 Å². The lowest BCUT2D eigenvalue weighted by Crippen LogP contribution is -2.42. The number of carboxylic acids is 1. The molecule has 0 spiro atoms. The molecule has 0 unspecified atom stereocenters. The summed E-state index contributed by atoms with van der Waals surface area (Å²) >= 11 is 0. The zero-order valence-electron chi connectivity index (χ0n) is 9.97. The molecule has 1 aliphatic rings. The van der Waals surface area contributed by atoms with E-state index >= 15 is 0 Å². The van der Waals surface area contributed by atoms with E-state index in [1.165, 1.54) is 0 Å². The molecule has 5 heteroatoms. The molecule has 1 aliphatic heterocycles. The Labute approximate surface area is 104 Å². The van der Waals surface area contributed by atoms with Gasteiger partial charge in [-0.2, -0.15) is 0 Å². The first-order valence-corrected chi connectivity index (χ1v) is 5.82. The van der Waals surface area contributed by atoms with Gasteiger partial charge in [0.05, 0.1) is 0 Å². The molecule has 0 aliphatic carbocycles. The number of nitrogens with one attached hydrogen (secondary N) is 1. The van der Waals surface area contributed by atoms with Crippen molar-refractivity contribution in [3.63, 3.8) is 0 Å². The molecule has 1 atom stereocenters. The Morgan fingerprint density at radius 3 is 3.00 bits per heavy atom. The quantitative estimate of drug-likeness (QED) is 0.709. The van der Waals surface area contributed by atoms with Crippen LogP contribution in [0.5, 0.6) is 5.75 Å². The third kappa shape index (κ3) is 1.55. The molecule has 1 aromatic carbocycles. The van der Waals surface area contributed by atoms with Crippen molar-refractivity contribution in [1.29, 1.82) is 0 Å². The van der Waals surface area contributed by atoms with Gasteiger partial charge in [0.25, 0.3) is 0 Å². The fourth-order valence-electron chi connectivity index (χ4n) is 2.64. The van der Waals surface area contributed by atoms with Crippen molar-refractivity contribution in [3.8, 4) is 5.75 Å². The van der Waals surface area contributed by atoms with Crippen LogP contribution in [0.1, 0.15) is 11.3 Å². The van der Waals surface area contributed by atoms with Crippen molar-refractivity contribution >= 4 is 16.9 Å². The lowest BCUT2D eigenvalue weighted by Gasteiger charge is -2.29. The minimum atomic E-state index is -0.808. The van der Waals surface area contributed by atoms with Gasteiger partial charge in [-0.15, -0.1) is 0 Å². The van der Waals surface area contributed by atoms with Gasteiger partial charge in [0.1, 0.15) is 11.8 Å². The topological polar surface area (TPSA) is 76.6 Å². The fraction of sp³-hybridized carbons (Fsp3) is 0.308. The van der Waals surface area contributed by atoms with E-state index in [2.05, 4.69) is 4.98 Å². The van der Waals surface area contributed by atoms with Gasteiger partial charge >= 0.3 is 5.97 Å². The van der Waals surface area contributed by atoms with Crippen molar-refractivity contribution in [2.45, 2.75) is 19.0 Å². The molecule has 0 amide bonds. The number of phenols is 1. The van der Waals surface area contributed by atoms with E-state index in [1.54, 1.807) is 12.1 Å². The molecule has 0 saturated heterocycles. The van der Waals surface area contributed by atoms with E-state index in [1.807, 2.05) is 18.0 Å². The average molecular weight is 246 g/mol. The summed E-state index contributed by atoms with van der Waals surface area (Å²) in [6.07, 6.45) is 0.463. The third-order valence-corrected chi connectivity index (χ3v) is 3.60. The number of hydrogen-bond acceptors (Lipinski definition) is 3.